The van der Waals surface area contributed by atoms with Crippen LogP contribution in [0.4, 0.5) is 0 Å². The monoisotopic (exact) mass is 354 g/mol. The van der Waals surface area contributed by atoms with Crippen LogP contribution in [-0.4, -0.2) is 46.1 Å². The lowest BCUT2D eigenvalue weighted by Gasteiger charge is -2.33. The predicted molar refractivity (Wildman–Crippen MR) is 99.3 cm³/mol. The van der Waals surface area contributed by atoms with Gasteiger partial charge in [0.05, 0.1) is 6.54 Å². The fraction of sp³-hybridized carbons (Fsp3) is 0.368. The molecule has 25 heavy (non-hydrogen) atoms. The van der Waals surface area contributed by atoms with Gasteiger partial charge in [-0.1, -0.05) is 35.0 Å². The van der Waals surface area contributed by atoms with E-state index in [0.29, 0.717) is 11.7 Å². The number of nitrogens with zero attached hydrogens (tertiary/aromatic N) is 4. The van der Waals surface area contributed by atoms with Crippen molar-refractivity contribution in [2.24, 2.45) is 0 Å². The number of benzene rings is 1. The molecule has 0 N–H and O–H groups in total. The Morgan fingerprint density at radius 2 is 1.88 bits per heavy atom. The summed E-state index contributed by atoms with van der Waals surface area (Å²) in [6.45, 7) is 8.10. The third kappa shape index (κ3) is 4.15. The normalized spacial score (nSPS) is 16.4. The van der Waals surface area contributed by atoms with Crippen LogP contribution in [0, 0.1) is 6.92 Å². The molecule has 130 valence electrons. The molecule has 0 saturated carbocycles. The lowest BCUT2D eigenvalue weighted by molar-refractivity contribution is 0.112. The first-order valence-corrected chi connectivity index (χ1v) is 9.56. The zero-order valence-corrected chi connectivity index (χ0v) is 15.2. The van der Waals surface area contributed by atoms with Crippen LogP contribution in [0.5, 0.6) is 0 Å². The van der Waals surface area contributed by atoms with Gasteiger partial charge >= 0.3 is 0 Å². The Hall–Kier alpha value is -2.02. The summed E-state index contributed by atoms with van der Waals surface area (Å²) in [5.41, 5.74) is 3.75. The van der Waals surface area contributed by atoms with Crippen molar-refractivity contribution >= 4 is 11.3 Å². The lowest BCUT2D eigenvalue weighted by Crippen LogP contribution is -2.45. The first-order chi connectivity index (χ1) is 12.3. The number of thiophene rings is 1. The minimum Gasteiger partial charge on any atom is -0.338 e. The van der Waals surface area contributed by atoms with E-state index in [1.165, 1.54) is 11.1 Å². The average molecular weight is 354 g/mol. The van der Waals surface area contributed by atoms with E-state index in [0.717, 1.165) is 44.8 Å². The van der Waals surface area contributed by atoms with Crippen molar-refractivity contribution < 1.29 is 4.52 Å². The average Bonchev–Trinajstić information content (AvgIpc) is 3.28. The lowest BCUT2D eigenvalue weighted by atomic mass is 10.1. The van der Waals surface area contributed by atoms with Crippen LogP contribution in [0.25, 0.3) is 11.4 Å². The summed E-state index contributed by atoms with van der Waals surface area (Å²) < 4.78 is 5.42. The molecular weight excluding hydrogens is 332 g/mol. The quantitative estimate of drug-likeness (QED) is 0.702. The van der Waals surface area contributed by atoms with Gasteiger partial charge in [0.1, 0.15) is 0 Å². The molecule has 0 amide bonds. The zero-order chi connectivity index (χ0) is 17.1. The first-order valence-electron chi connectivity index (χ1n) is 8.62. The molecule has 5 nitrogen and oxygen atoms in total. The molecule has 0 bridgehead atoms. The summed E-state index contributed by atoms with van der Waals surface area (Å²) >= 11 is 1.64. The van der Waals surface area contributed by atoms with Crippen molar-refractivity contribution in [3.63, 3.8) is 0 Å². The molecule has 3 aromatic rings. The van der Waals surface area contributed by atoms with Gasteiger partial charge in [-0.15, -0.1) is 0 Å². The molecule has 1 aliphatic heterocycles. The number of hydrogen-bond acceptors (Lipinski definition) is 6. The molecule has 0 radical (unpaired) electrons. The van der Waals surface area contributed by atoms with Crippen LogP contribution < -0.4 is 0 Å². The number of rotatable bonds is 5. The van der Waals surface area contributed by atoms with E-state index in [1.807, 2.05) is 16.8 Å². The highest BCUT2D eigenvalue weighted by Crippen LogP contribution is 2.19. The van der Waals surface area contributed by atoms with E-state index in [1.54, 1.807) is 11.3 Å². The Kier molecular flexibility index (Phi) is 4.92. The molecule has 6 heteroatoms. The molecular formula is C19H22N4OS. The van der Waals surface area contributed by atoms with Gasteiger partial charge in [-0.25, -0.2) is 0 Å². The van der Waals surface area contributed by atoms with Crippen LogP contribution in [0.3, 0.4) is 0 Å². The minimum absolute atomic E-state index is 0.689. The molecule has 1 saturated heterocycles. The molecule has 0 atom stereocenters. The fourth-order valence-electron chi connectivity index (χ4n) is 3.19. The third-order valence-electron chi connectivity index (χ3n) is 4.56. The van der Waals surface area contributed by atoms with E-state index in [9.17, 15) is 0 Å². The van der Waals surface area contributed by atoms with Crippen molar-refractivity contribution in [3.8, 4) is 11.4 Å². The summed E-state index contributed by atoms with van der Waals surface area (Å²) in [6, 6.07) is 10.8. The summed E-state index contributed by atoms with van der Waals surface area (Å²) in [5, 5.41) is 8.15. The Morgan fingerprint density at radius 3 is 2.60 bits per heavy atom. The second-order valence-corrected chi connectivity index (χ2v) is 7.35. The predicted octanol–water partition coefficient (Wildman–Crippen LogP) is 3.42. The number of piperazine rings is 1. The standard InChI is InChI=1S/C19H22N4OS/c1-15-3-2-4-16(11-15)12-22-6-8-23(9-7-22)13-18-20-19(21-24-18)17-5-10-25-14-17/h2-5,10-11,14H,6-9,12-13H2,1H3. The smallest absolute Gasteiger partial charge is 0.241 e. The van der Waals surface area contributed by atoms with Crippen molar-refractivity contribution in [2.75, 3.05) is 26.2 Å². The summed E-state index contributed by atoms with van der Waals surface area (Å²) in [7, 11) is 0. The van der Waals surface area contributed by atoms with Crippen LogP contribution in [-0.2, 0) is 13.1 Å². The van der Waals surface area contributed by atoms with Crippen molar-refractivity contribution in [1.82, 2.24) is 19.9 Å². The van der Waals surface area contributed by atoms with Gasteiger partial charge < -0.3 is 4.52 Å². The zero-order valence-electron chi connectivity index (χ0n) is 14.4. The fourth-order valence-corrected chi connectivity index (χ4v) is 3.83. The molecule has 4 rings (SSSR count). The van der Waals surface area contributed by atoms with Gasteiger partial charge in [0, 0.05) is 43.7 Å². The highest BCUT2D eigenvalue weighted by Gasteiger charge is 2.19. The Balaban J connectivity index is 1.29. The van der Waals surface area contributed by atoms with E-state index >= 15 is 0 Å². The minimum atomic E-state index is 0.689. The number of aryl methyl sites for hydroxylation is 1. The first kappa shape index (κ1) is 16.4. The molecule has 0 aliphatic carbocycles. The van der Waals surface area contributed by atoms with Gasteiger partial charge in [0.25, 0.3) is 0 Å². The molecule has 2 aromatic heterocycles. The topological polar surface area (TPSA) is 45.4 Å². The van der Waals surface area contributed by atoms with Gasteiger partial charge in [-0.3, -0.25) is 9.80 Å². The Morgan fingerprint density at radius 1 is 1.08 bits per heavy atom. The summed E-state index contributed by atoms with van der Waals surface area (Å²) in [4.78, 5) is 9.41. The van der Waals surface area contributed by atoms with E-state index in [4.69, 9.17) is 4.52 Å². The Bertz CT molecular complexity index is 806. The van der Waals surface area contributed by atoms with Crippen LogP contribution in [0.2, 0.25) is 0 Å². The molecule has 1 aromatic carbocycles. The highest BCUT2D eigenvalue weighted by molar-refractivity contribution is 7.08. The molecule has 0 unspecified atom stereocenters. The van der Waals surface area contributed by atoms with Crippen LogP contribution in [0.1, 0.15) is 17.0 Å². The second-order valence-electron chi connectivity index (χ2n) is 6.57. The molecule has 3 heterocycles. The highest BCUT2D eigenvalue weighted by atomic mass is 32.1. The third-order valence-corrected chi connectivity index (χ3v) is 5.24. The largest absolute Gasteiger partial charge is 0.338 e. The van der Waals surface area contributed by atoms with Crippen molar-refractivity contribution in [3.05, 3.63) is 58.1 Å². The number of aromatic nitrogens is 2. The molecule has 0 spiro atoms. The SMILES string of the molecule is Cc1cccc(CN2CCN(Cc3nc(-c4ccsc4)no3)CC2)c1. The van der Waals surface area contributed by atoms with Gasteiger partial charge in [0.2, 0.25) is 11.7 Å². The maximum Gasteiger partial charge on any atom is 0.241 e. The molecule has 1 aliphatic rings. The number of hydrogen-bond donors (Lipinski definition) is 0. The van der Waals surface area contributed by atoms with E-state index < -0.39 is 0 Å². The van der Waals surface area contributed by atoms with Crippen LogP contribution >= 0.6 is 11.3 Å². The van der Waals surface area contributed by atoms with Gasteiger partial charge in [-0.05, 0) is 23.9 Å². The van der Waals surface area contributed by atoms with Gasteiger partial charge in [0.15, 0.2) is 0 Å². The Labute approximate surface area is 151 Å². The van der Waals surface area contributed by atoms with Gasteiger partial charge in [-0.2, -0.15) is 16.3 Å². The van der Waals surface area contributed by atoms with Crippen molar-refractivity contribution in [2.45, 2.75) is 20.0 Å². The van der Waals surface area contributed by atoms with E-state index in [-0.39, 0.29) is 0 Å². The second kappa shape index (κ2) is 7.47. The summed E-state index contributed by atoms with van der Waals surface area (Å²) in [5.74, 6) is 1.39. The van der Waals surface area contributed by atoms with Crippen molar-refractivity contribution in [1.29, 1.82) is 0 Å². The molecule has 1 fully saturated rings. The van der Waals surface area contributed by atoms with E-state index in [2.05, 4.69) is 51.1 Å². The summed E-state index contributed by atoms with van der Waals surface area (Å²) in [6.07, 6.45) is 0. The maximum atomic E-state index is 5.42. The van der Waals surface area contributed by atoms with Crippen LogP contribution in [0.15, 0.2) is 45.6 Å². The maximum absolute atomic E-state index is 5.42.